The number of carbonyl (C=O) groups excluding carboxylic acids is 1. The van der Waals surface area contributed by atoms with Gasteiger partial charge < -0.3 is 14.6 Å². The van der Waals surface area contributed by atoms with Crippen molar-refractivity contribution < 1.29 is 9.53 Å². The van der Waals surface area contributed by atoms with Crippen LogP contribution in [0.15, 0.2) is 17.3 Å². The highest BCUT2D eigenvalue weighted by molar-refractivity contribution is 7.99. The molecule has 4 rings (SSSR count). The molecule has 1 amide bonds. The number of ether oxygens (including phenoxy) is 1. The van der Waals surface area contributed by atoms with Gasteiger partial charge >= 0.3 is 0 Å². The Hall–Kier alpha value is -2.54. The van der Waals surface area contributed by atoms with Crippen LogP contribution in [0.25, 0.3) is 0 Å². The Labute approximate surface area is 237 Å². The van der Waals surface area contributed by atoms with Crippen LogP contribution in [0.5, 0.6) is 5.75 Å². The zero-order valence-electron chi connectivity index (χ0n) is 22.9. The van der Waals surface area contributed by atoms with Gasteiger partial charge in [0.05, 0.1) is 11.3 Å². The number of nitrogens with zero attached hydrogens (tertiary/aromatic N) is 4. The largest absolute Gasteiger partial charge is 0.483 e. The number of nitriles is 1. The molecule has 1 N–H and O–H groups in total. The number of hydrogen-bond donors (Lipinski definition) is 1. The Morgan fingerprint density at radius 3 is 2.66 bits per heavy atom. The van der Waals surface area contributed by atoms with Crippen molar-refractivity contribution in [2.75, 3.05) is 11.1 Å². The topological polar surface area (TPSA) is 92.8 Å². The summed E-state index contributed by atoms with van der Waals surface area (Å²) in [5, 5.41) is 23.4. The molecule has 7 nitrogen and oxygen atoms in total. The molecule has 0 saturated heterocycles. The summed E-state index contributed by atoms with van der Waals surface area (Å²) in [6.07, 6.45) is 2.57. The van der Waals surface area contributed by atoms with Gasteiger partial charge in [-0.25, -0.2) is 0 Å². The SMILES string of the molecule is Cc1cc(OC(C)c2nnc(SCC(=O)Nc3sc4c(c3C#N)CCC(C(C)(C)C)C4)n2C)cc(C)c1Cl. The third-order valence-electron chi connectivity index (χ3n) is 7.14. The maximum Gasteiger partial charge on any atom is 0.235 e. The van der Waals surface area contributed by atoms with Gasteiger partial charge in [0, 0.05) is 16.9 Å². The molecule has 0 radical (unpaired) electrons. The lowest BCUT2D eigenvalue weighted by Crippen LogP contribution is -2.26. The van der Waals surface area contributed by atoms with E-state index in [4.69, 9.17) is 16.3 Å². The minimum Gasteiger partial charge on any atom is -0.483 e. The lowest BCUT2D eigenvalue weighted by atomic mass is 9.72. The zero-order chi connectivity index (χ0) is 27.8. The average molecular weight is 572 g/mol. The van der Waals surface area contributed by atoms with Gasteiger partial charge in [0.15, 0.2) is 17.1 Å². The number of aryl methyl sites for hydroxylation is 2. The van der Waals surface area contributed by atoms with Crippen LogP contribution in [0.4, 0.5) is 5.00 Å². The van der Waals surface area contributed by atoms with E-state index in [1.807, 2.05) is 44.5 Å². The van der Waals surface area contributed by atoms with E-state index in [1.54, 1.807) is 11.3 Å². The number of thioether (sulfide) groups is 1. The first kappa shape index (κ1) is 28.5. The molecule has 0 spiro atoms. The first-order valence-corrected chi connectivity index (χ1v) is 14.9. The second-order valence-corrected chi connectivity index (χ2v) is 13.4. The molecule has 0 fully saturated rings. The van der Waals surface area contributed by atoms with E-state index >= 15 is 0 Å². The van der Waals surface area contributed by atoms with Gasteiger partial charge in [-0.2, -0.15) is 5.26 Å². The Kier molecular flexibility index (Phi) is 8.46. The molecule has 202 valence electrons. The van der Waals surface area contributed by atoms with Crippen LogP contribution in [-0.2, 0) is 24.7 Å². The summed E-state index contributed by atoms with van der Waals surface area (Å²) in [7, 11) is 1.86. The fraction of sp³-hybridized carbons (Fsp3) is 0.500. The minimum atomic E-state index is -0.344. The van der Waals surface area contributed by atoms with Crippen molar-refractivity contribution in [2.24, 2.45) is 18.4 Å². The highest BCUT2D eigenvalue weighted by Crippen LogP contribution is 2.44. The number of halogens is 1. The first-order chi connectivity index (χ1) is 17.9. The number of thiophene rings is 1. The summed E-state index contributed by atoms with van der Waals surface area (Å²) in [5.74, 6) is 1.94. The number of nitrogens with one attached hydrogen (secondary N) is 1. The van der Waals surface area contributed by atoms with Gasteiger partial charge in [0.2, 0.25) is 5.91 Å². The quantitative estimate of drug-likeness (QED) is 0.306. The Morgan fingerprint density at radius 2 is 2.03 bits per heavy atom. The molecule has 3 aromatic rings. The van der Waals surface area contributed by atoms with Crippen molar-refractivity contribution in [3.63, 3.8) is 0 Å². The molecule has 1 aliphatic carbocycles. The zero-order valence-corrected chi connectivity index (χ0v) is 25.3. The summed E-state index contributed by atoms with van der Waals surface area (Å²) in [6, 6.07) is 6.14. The van der Waals surface area contributed by atoms with Gasteiger partial charge in [-0.15, -0.1) is 21.5 Å². The average Bonchev–Trinajstić information content (AvgIpc) is 3.39. The summed E-state index contributed by atoms with van der Waals surface area (Å²) >= 11 is 9.13. The molecule has 10 heteroatoms. The summed E-state index contributed by atoms with van der Waals surface area (Å²) in [4.78, 5) is 14.1. The molecule has 1 aromatic carbocycles. The predicted octanol–water partition coefficient (Wildman–Crippen LogP) is 7.04. The smallest absolute Gasteiger partial charge is 0.235 e. The Bertz CT molecular complexity index is 1380. The lowest BCUT2D eigenvalue weighted by Gasteiger charge is -2.33. The maximum atomic E-state index is 12.8. The predicted molar refractivity (Wildman–Crippen MR) is 154 cm³/mol. The second kappa shape index (κ2) is 11.3. The number of hydrogen-bond acceptors (Lipinski definition) is 7. The van der Waals surface area contributed by atoms with E-state index in [0.717, 1.165) is 41.0 Å². The number of benzene rings is 1. The van der Waals surface area contributed by atoms with Crippen molar-refractivity contribution in [3.8, 4) is 11.8 Å². The van der Waals surface area contributed by atoms with Gasteiger partial charge in [-0.3, -0.25) is 4.79 Å². The van der Waals surface area contributed by atoms with Crippen LogP contribution in [0.1, 0.15) is 73.2 Å². The standard InChI is InChI=1S/C28H34ClN5O2S2/c1-15-10-19(11-16(2)24(15)29)36-17(3)25-32-33-27(34(25)7)37-14-23(35)31-26-21(13-30)20-9-8-18(28(4,5)6)12-22(20)38-26/h10-11,17-18H,8-9,12,14H2,1-7H3,(H,31,35). The Balaban J connectivity index is 1.39. The highest BCUT2D eigenvalue weighted by atomic mass is 35.5. The van der Waals surface area contributed by atoms with Crippen LogP contribution in [0, 0.1) is 36.5 Å². The summed E-state index contributed by atoms with van der Waals surface area (Å²) < 4.78 is 7.95. The number of anilines is 1. The van der Waals surface area contributed by atoms with Crippen LogP contribution in [-0.4, -0.2) is 26.4 Å². The molecule has 0 bridgehead atoms. The molecule has 38 heavy (non-hydrogen) atoms. The molecule has 0 saturated carbocycles. The molecule has 0 aliphatic heterocycles. The molecule has 2 unspecified atom stereocenters. The normalized spacial score (nSPS) is 16.0. The van der Waals surface area contributed by atoms with Gasteiger partial charge in [-0.05, 0) is 80.2 Å². The molecule has 1 aliphatic rings. The monoisotopic (exact) mass is 571 g/mol. The van der Waals surface area contributed by atoms with Crippen LogP contribution in [0.2, 0.25) is 5.02 Å². The highest BCUT2D eigenvalue weighted by Gasteiger charge is 2.32. The van der Waals surface area contributed by atoms with Crippen molar-refractivity contribution in [1.29, 1.82) is 5.26 Å². The summed E-state index contributed by atoms with van der Waals surface area (Å²) in [5.41, 5.74) is 3.86. The van der Waals surface area contributed by atoms with Crippen LogP contribution >= 0.6 is 34.7 Å². The van der Waals surface area contributed by atoms with Crippen molar-refractivity contribution in [1.82, 2.24) is 14.8 Å². The van der Waals surface area contributed by atoms with Crippen molar-refractivity contribution in [3.05, 3.63) is 50.1 Å². The third kappa shape index (κ3) is 6.03. The van der Waals surface area contributed by atoms with Crippen molar-refractivity contribution >= 4 is 45.6 Å². The third-order valence-corrected chi connectivity index (χ3v) is 9.93. The van der Waals surface area contributed by atoms with E-state index in [1.165, 1.54) is 16.6 Å². The van der Waals surface area contributed by atoms with E-state index in [2.05, 4.69) is 42.4 Å². The molecule has 2 aromatic heterocycles. The van der Waals surface area contributed by atoms with Crippen LogP contribution < -0.4 is 10.1 Å². The molecule has 2 atom stereocenters. The van der Waals surface area contributed by atoms with E-state index in [-0.39, 0.29) is 23.2 Å². The van der Waals surface area contributed by atoms with Gasteiger partial charge in [0.1, 0.15) is 16.8 Å². The first-order valence-electron chi connectivity index (χ1n) is 12.7. The molecular weight excluding hydrogens is 538 g/mol. The second-order valence-electron chi connectivity index (χ2n) is 11.0. The fourth-order valence-corrected chi connectivity index (χ4v) is 6.98. The number of amides is 1. The number of carbonyl (C=O) groups is 1. The summed E-state index contributed by atoms with van der Waals surface area (Å²) in [6.45, 7) is 12.6. The van der Waals surface area contributed by atoms with Crippen LogP contribution in [0.3, 0.4) is 0 Å². The molecule has 2 heterocycles. The lowest BCUT2D eigenvalue weighted by molar-refractivity contribution is -0.113. The van der Waals surface area contributed by atoms with Crippen molar-refractivity contribution in [2.45, 2.75) is 72.1 Å². The minimum absolute atomic E-state index is 0.162. The number of fused-ring (bicyclic) bond motifs is 1. The van der Waals surface area contributed by atoms with Gasteiger partial charge in [-0.1, -0.05) is 44.1 Å². The number of rotatable bonds is 7. The van der Waals surface area contributed by atoms with E-state index in [0.29, 0.717) is 33.2 Å². The molecular formula is C28H34ClN5O2S2. The fourth-order valence-electron chi connectivity index (χ4n) is 4.86. The number of aromatic nitrogens is 3. The maximum absolute atomic E-state index is 12.8. The van der Waals surface area contributed by atoms with E-state index in [9.17, 15) is 10.1 Å². The van der Waals surface area contributed by atoms with Gasteiger partial charge in [0.25, 0.3) is 0 Å². The van der Waals surface area contributed by atoms with E-state index < -0.39 is 0 Å². The Morgan fingerprint density at radius 1 is 1.34 bits per heavy atom.